The summed E-state index contributed by atoms with van der Waals surface area (Å²) in [6.07, 6.45) is -0.209. The molecule has 5 aromatic rings. The number of hydrogen-bond donors (Lipinski definition) is 0. The quantitative estimate of drug-likeness (QED) is 0.250. The van der Waals surface area contributed by atoms with Gasteiger partial charge in [0, 0.05) is 5.56 Å². The van der Waals surface area contributed by atoms with Gasteiger partial charge in [0.15, 0.2) is 11.5 Å². The lowest BCUT2D eigenvalue weighted by molar-refractivity contribution is -0.137. The number of hydrogen-bond acceptors (Lipinski definition) is 6. The fourth-order valence-electron chi connectivity index (χ4n) is 3.40. The molecule has 0 saturated heterocycles. The van der Waals surface area contributed by atoms with Crippen molar-refractivity contribution in [3.05, 3.63) is 90.1 Å². The van der Waals surface area contributed by atoms with E-state index < -0.39 is 11.7 Å². The smallest absolute Gasteiger partial charge is 0.416 e. The van der Waals surface area contributed by atoms with Crippen LogP contribution in [0.2, 0.25) is 0 Å². The molecule has 0 radical (unpaired) electrons. The summed E-state index contributed by atoms with van der Waals surface area (Å²) in [4.78, 5) is 4.24. The number of nitrogens with zero attached hydrogens (tertiary/aromatic N) is 2. The fourth-order valence-corrected chi connectivity index (χ4v) is 3.40. The third kappa shape index (κ3) is 3.93. The molecule has 0 amide bonds. The lowest BCUT2D eigenvalue weighted by Gasteiger charge is -2.07. The zero-order chi connectivity index (χ0) is 23.7. The Morgan fingerprint density at radius 2 is 1.62 bits per heavy atom. The van der Waals surface area contributed by atoms with Crippen LogP contribution < -0.4 is 0 Å². The Morgan fingerprint density at radius 1 is 0.853 bits per heavy atom. The van der Waals surface area contributed by atoms with Crippen LogP contribution in [0, 0.1) is 11.3 Å². The van der Waals surface area contributed by atoms with E-state index in [1.54, 1.807) is 30.3 Å². The van der Waals surface area contributed by atoms with Crippen molar-refractivity contribution < 1.29 is 30.8 Å². The predicted molar refractivity (Wildman–Crippen MR) is 115 cm³/mol. The van der Waals surface area contributed by atoms with Crippen LogP contribution in [0.3, 0.4) is 0 Å². The van der Waals surface area contributed by atoms with Crippen molar-refractivity contribution in [2.75, 3.05) is 0 Å². The van der Waals surface area contributed by atoms with Gasteiger partial charge in [0.2, 0.25) is 5.88 Å². The molecule has 0 unspecified atom stereocenters. The summed E-state index contributed by atoms with van der Waals surface area (Å²) < 4.78 is 61.4. The van der Waals surface area contributed by atoms with Gasteiger partial charge in [0.25, 0.3) is 0 Å². The summed E-state index contributed by atoms with van der Waals surface area (Å²) >= 11 is 0. The minimum atomic E-state index is -4.46. The number of halogens is 3. The summed E-state index contributed by atoms with van der Waals surface area (Å²) in [5, 5.41) is 9.78. The summed E-state index contributed by atoms with van der Waals surface area (Å²) in [6.45, 7) is 0. The van der Waals surface area contributed by atoms with Gasteiger partial charge < -0.3 is 17.7 Å². The van der Waals surface area contributed by atoms with Gasteiger partial charge in [-0.3, -0.25) is 0 Å². The minimum Gasteiger partial charge on any atom is -0.464 e. The van der Waals surface area contributed by atoms with Gasteiger partial charge >= 0.3 is 6.18 Å². The van der Waals surface area contributed by atoms with Crippen LogP contribution in [0.1, 0.15) is 16.9 Å². The number of benzene rings is 1. The van der Waals surface area contributed by atoms with Gasteiger partial charge in [0.05, 0.1) is 29.9 Å². The number of rotatable bonds is 5. The lowest BCUT2D eigenvalue weighted by atomic mass is 10.1. The van der Waals surface area contributed by atoms with Crippen LogP contribution >= 0.6 is 0 Å². The molecule has 0 fully saturated rings. The Bertz CT molecular complexity index is 1500. The van der Waals surface area contributed by atoms with Crippen LogP contribution in [0.15, 0.2) is 95.9 Å². The Hall–Kier alpha value is -4.71. The molecule has 0 N–H and O–H groups in total. The van der Waals surface area contributed by atoms with Crippen molar-refractivity contribution in [3.8, 4) is 40.2 Å². The Labute approximate surface area is 190 Å². The molecule has 6 nitrogen and oxygen atoms in total. The summed E-state index contributed by atoms with van der Waals surface area (Å²) in [5.41, 5.74) is 0.00753. The second-order valence-corrected chi connectivity index (χ2v) is 7.09. The van der Waals surface area contributed by atoms with Crippen molar-refractivity contribution in [1.82, 2.24) is 0 Å². The average molecular weight is 462 g/mol. The monoisotopic (exact) mass is 462 g/mol. The van der Waals surface area contributed by atoms with Gasteiger partial charge in [-0.05, 0) is 48.5 Å². The molecule has 0 bridgehead atoms. The standard InChI is InChI=1S/C25H13F3N2O4/c26-25(27,28)16-5-1-4-15(12-16)19-9-8-17(33-19)14-30-24-18(13-29)22(20-6-2-10-31-20)23(34-24)21-7-3-11-32-21/h1-12,14H. The number of furan rings is 4. The Morgan fingerprint density at radius 3 is 2.29 bits per heavy atom. The van der Waals surface area contributed by atoms with Crippen molar-refractivity contribution in [1.29, 1.82) is 5.26 Å². The minimum absolute atomic E-state index is 0.00248. The van der Waals surface area contributed by atoms with Gasteiger partial charge in [-0.2, -0.15) is 18.4 Å². The van der Waals surface area contributed by atoms with Crippen molar-refractivity contribution in [3.63, 3.8) is 0 Å². The lowest BCUT2D eigenvalue weighted by Crippen LogP contribution is -2.04. The van der Waals surface area contributed by atoms with Crippen molar-refractivity contribution in [2.24, 2.45) is 4.99 Å². The predicted octanol–water partition coefficient (Wildman–Crippen LogP) is 7.70. The normalized spacial score (nSPS) is 11.8. The van der Waals surface area contributed by atoms with E-state index in [0.29, 0.717) is 17.1 Å². The Kier molecular flexibility index (Phi) is 5.18. The first kappa shape index (κ1) is 21.2. The van der Waals surface area contributed by atoms with Crippen LogP contribution in [0.4, 0.5) is 19.1 Å². The number of nitriles is 1. The van der Waals surface area contributed by atoms with Crippen LogP contribution in [-0.2, 0) is 6.18 Å². The van der Waals surface area contributed by atoms with Crippen molar-refractivity contribution in [2.45, 2.75) is 6.18 Å². The molecule has 0 aliphatic heterocycles. The number of aliphatic imine (C=N–C) groups is 1. The van der Waals surface area contributed by atoms with E-state index in [2.05, 4.69) is 11.1 Å². The highest BCUT2D eigenvalue weighted by molar-refractivity contribution is 5.86. The molecular formula is C25H13F3N2O4. The molecule has 0 saturated carbocycles. The molecule has 168 valence electrons. The first-order valence-corrected chi connectivity index (χ1v) is 9.90. The highest BCUT2D eigenvalue weighted by Crippen LogP contribution is 2.43. The highest BCUT2D eigenvalue weighted by atomic mass is 19.4. The molecular weight excluding hydrogens is 449 g/mol. The van der Waals surface area contributed by atoms with E-state index in [4.69, 9.17) is 17.7 Å². The third-order valence-electron chi connectivity index (χ3n) is 4.92. The van der Waals surface area contributed by atoms with E-state index in [0.717, 1.165) is 12.1 Å². The fraction of sp³-hybridized carbons (Fsp3) is 0.0400. The molecule has 9 heteroatoms. The molecule has 1 aromatic carbocycles. The first-order chi connectivity index (χ1) is 16.4. The van der Waals surface area contributed by atoms with Gasteiger partial charge in [0.1, 0.15) is 28.9 Å². The highest BCUT2D eigenvalue weighted by Gasteiger charge is 2.30. The van der Waals surface area contributed by atoms with E-state index >= 15 is 0 Å². The zero-order valence-electron chi connectivity index (χ0n) is 17.2. The largest absolute Gasteiger partial charge is 0.464 e. The molecule has 4 aromatic heterocycles. The maximum atomic E-state index is 13.0. The van der Waals surface area contributed by atoms with Crippen LogP contribution in [0.25, 0.3) is 34.2 Å². The summed E-state index contributed by atoms with van der Waals surface area (Å²) in [6, 6.07) is 16.7. The average Bonchev–Trinajstić information content (AvgIpc) is 3.62. The molecule has 0 aliphatic carbocycles. The van der Waals surface area contributed by atoms with E-state index in [-0.39, 0.29) is 34.3 Å². The SMILES string of the molecule is N#Cc1c(N=Cc2ccc(-c3cccc(C(F)(F)F)c3)o2)oc(-c2ccco2)c1-c1ccco1. The topological polar surface area (TPSA) is 88.7 Å². The second-order valence-electron chi connectivity index (χ2n) is 7.09. The third-order valence-corrected chi connectivity index (χ3v) is 4.92. The van der Waals surface area contributed by atoms with Gasteiger partial charge in [-0.15, -0.1) is 0 Å². The molecule has 34 heavy (non-hydrogen) atoms. The summed E-state index contributed by atoms with van der Waals surface area (Å²) in [5.74, 6) is 1.55. The molecule has 0 atom stereocenters. The van der Waals surface area contributed by atoms with Gasteiger partial charge in [-0.25, -0.2) is 4.99 Å². The van der Waals surface area contributed by atoms with E-state index in [1.807, 2.05) is 0 Å². The maximum absolute atomic E-state index is 13.0. The molecule has 0 aliphatic rings. The Balaban J connectivity index is 1.50. The van der Waals surface area contributed by atoms with E-state index in [9.17, 15) is 18.4 Å². The molecule has 4 heterocycles. The first-order valence-electron chi connectivity index (χ1n) is 9.90. The van der Waals surface area contributed by atoms with Gasteiger partial charge in [-0.1, -0.05) is 12.1 Å². The summed E-state index contributed by atoms with van der Waals surface area (Å²) in [7, 11) is 0. The number of alkyl halides is 3. The maximum Gasteiger partial charge on any atom is 0.416 e. The molecule has 0 spiro atoms. The second kappa shape index (κ2) is 8.33. The van der Waals surface area contributed by atoms with Crippen LogP contribution in [-0.4, -0.2) is 6.21 Å². The molecule has 5 rings (SSSR count). The van der Waals surface area contributed by atoms with Crippen molar-refractivity contribution >= 4 is 12.1 Å². The van der Waals surface area contributed by atoms with Crippen LogP contribution in [0.5, 0.6) is 0 Å². The zero-order valence-corrected chi connectivity index (χ0v) is 17.2. The van der Waals surface area contributed by atoms with E-state index in [1.165, 1.54) is 36.9 Å².